The maximum Gasteiger partial charge on any atom is 0.0912 e. The van der Waals surface area contributed by atoms with E-state index in [0.29, 0.717) is 10.0 Å². The van der Waals surface area contributed by atoms with Crippen LogP contribution in [0.4, 0.5) is 4.39 Å². The lowest BCUT2D eigenvalue weighted by Crippen LogP contribution is -2.10. The first-order valence-corrected chi connectivity index (χ1v) is 4.66. The van der Waals surface area contributed by atoms with Crippen molar-refractivity contribution in [3.05, 3.63) is 33.8 Å². The predicted molar refractivity (Wildman–Crippen MR) is 61.2 cm³/mol. The maximum absolute atomic E-state index is 12.0. The number of halogens is 4. The van der Waals surface area contributed by atoms with E-state index in [1.807, 2.05) is 0 Å². The lowest BCUT2D eigenvalue weighted by Gasteiger charge is -2.10. The Balaban J connectivity index is 0.00000169. The summed E-state index contributed by atoms with van der Waals surface area (Å²) in [5, 5.41) is 1.05. The number of nitrogens with two attached hydrogens (primary N) is 1. The molecule has 0 bridgehead atoms. The fourth-order valence-electron chi connectivity index (χ4n) is 1.07. The van der Waals surface area contributed by atoms with Gasteiger partial charge in [0.05, 0.1) is 6.67 Å². The summed E-state index contributed by atoms with van der Waals surface area (Å²) in [7, 11) is 0. The zero-order chi connectivity index (χ0) is 9.84. The fourth-order valence-corrected chi connectivity index (χ4v) is 1.62. The van der Waals surface area contributed by atoms with Gasteiger partial charge >= 0.3 is 0 Å². The lowest BCUT2D eigenvalue weighted by atomic mass is 10.1. The van der Waals surface area contributed by atoms with E-state index in [2.05, 4.69) is 0 Å². The molecule has 0 aliphatic carbocycles. The van der Waals surface area contributed by atoms with Crippen molar-refractivity contribution in [2.75, 3.05) is 6.67 Å². The zero-order valence-electron chi connectivity index (χ0n) is 7.34. The van der Waals surface area contributed by atoms with Gasteiger partial charge in [0.15, 0.2) is 0 Å². The van der Waals surface area contributed by atoms with Gasteiger partial charge in [-0.05, 0) is 30.2 Å². The van der Waals surface area contributed by atoms with E-state index in [1.54, 1.807) is 18.2 Å². The molecule has 1 nitrogen and oxygen atoms in total. The van der Waals surface area contributed by atoms with E-state index < -0.39 is 6.67 Å². The molecule has 1 rings (SSSR count). The number of hydrogen-bond acceptors (Lipinski definition) is 1. The van der Waals surface area contributed by atoms with Crippen LogP contribution in [0.2, 0.25) is 10.0 Å². The molecule has 1 aromatic rings. The third-order valence-electron chi connectivity index (χ3n) is 1.73. The number of hydrogen-bond donors (Lipinski definition) is 1. The standard InChI is InChI=1S/C9H10Cl2FN.ClH/c10-7-3-6(4-8(11)5-7)9(13)1-2-12;/h3-5,9H,1-2,13H2;1H/t9-;/m1./s1. The van der Waals surface area contributed by atoms with Gasteiger partial charge in [-0.2, -0.15) is 0 Å². The molecule has 0 radical (unpaired) electrons. The topological polar surface area (TPSA) is 26.0 Å². The molecule has 0 saturated heterocycles. The Labute approximate surface area is 98.8 Å². The van der Waals surface area contributed by atoms with E-state index in [9.17, 15) is 4.39 Å². The molecule has 0 saturated carbocycles. The first-order chi connectivity index (χ1) is 6.13. The Kier molecular flexibility index (Phi) is 6.45. The Morgan fingerprint density at radius 1 is 1.21 bits per heavy atom. The molecule has 0 aliphatic heterocycles. The summed E-state index contributed by atoms with van der Waals surface area (Å²) in [4.78, 5) is 0. The molecule has 0 unspecified atom stereocenters. The normalized spacial score (nSPS) is 12.0. The molecule has 14 heavy (non-hydrogen) atoms. The molecule has 1 aromatic carbocycles. The molecule has 5 heteroatoms. The third-order valence-corrected chi connectivity index (χ3v) is 2.17. The lowest BCUT2D eigenvalue weighted by molar-refractivity contribution is 0.442. The van der Waals surface area contributed by atoms with Gasteiger partial charge in [-0.1, -0.05) is 23.2 Å². The maximum atomic E-state index is 12.0. The second-order valence-corrected chi connectivity index (χ2v) is 3.66. The SMILES string of the molecule is Cl.N[C@H](CCF)c1cc(Cl)cc(Cl)c1. The molecule has 0 heterocycles. The van der Waals surface area contributed by atoms with Crippen LogP contribution in [-0.4, -0.2) is 6.67 Å². The Morgan fingerprint density at radius 3 is 2.14 bits per heavy atom. The fraction of sp³-hybridized carbons (Fsp3) is 0.333. The highest BCUT2D eigenvalue weighted by atomic mass is 35.5. The van der Waals surface area contributed by atoms with Crippen molar-refractivity contribution < 1.29 is 4.39 Å². The third kappa shape index (κ3) is 4.01. The molecule has 0 spiro atoms. The van der Waals surface area contributed by atoms with Crippen LogP contribution in [0.15, 0.2) is 18.2 Å². The first kappa shape index (κ1) is 14.0. The number of benzene rings is 1. The van der Waals surface area contributed by atoms with Crippen molar-refractivity contribution in [3.63, 3.8) is 0 Å². The van der Waals surface area contributed by atoms with Crippen LogP contribution >= 0.6 is 35.6 Å². The summed E-state index contributed by atoms with van der Waals surface area (Å²) in [5.41, 5.74) is 6.46. The smallest absolute Gasteiger partial charge is 0.0912 e. The summed E-state index contributed by atoms with van der Waals surface area (Å²) < 4.78 is 12.0. The van der Waals surface area contributed by atoms with E-state index in [1.165, 1.54) is 0 Å². The van der Waals surface area contributed by atoms with Gasteiger partial charge in [-0.3, -0.25) is 4.39 Å². The molecule has 0 fully saturated rings. The van der Waals surface area contributed by atoms with Crippen molar-refractivity contribution in [1.29, 1.82) is 0 Å². The van der Waals surface area contributed by atoms with Crippen molar-refractivity contribution in [3.8, 4) is 0 Å². The van der Waals surface area contributed by atoms with Crippen molar-refractivity contribution in [1.82, 2.24) is 0 Å². The van der Waals surface area contributed by atoms with Crippen LogP contribution in [0.25, 0.3) is 0 Å². The second-order valence-electron chi connectivity index (χ2n) is 2.79. The van der Waals surface area contributed by atoms with Crippen LogP contribution in [-0.2, 0) is 0 Å². The van der Waals surface area contributed by atoms with Gasteiger partial charge in [0.1, 0.15) is 0 Å². The average Bonchev–Trinajstić information content (AvgIpc) is 2.03. The van der Waals surface area contributed by atoms with E-state index in [4.69, 9.17) is 28.9 Å². The van der Waals surface area contributed by atoms with Gasteiger partial charge in [-0.15, -0.1) is 12.4 Å². The highest BCUT2D eigenvalue weighted by Crippen LogP contribution is 2.23. The minimum Gasteiger partial charge on any atom is -0.324 e. The quantitative estimate of drug-likeness (QED) is 0.877. The van der Waals surface area contributed by atoms with E-state index in [0.717, 1.165) is 5.56 Å². The van der Waals surface area contributed by atoms with Crippen molar-refractivity contribution in [2.45, 2.75) is 12.5 Å². The molecule has 80 valence electrons. The Morgan fingerprint density at radius 2 is 1.71 bits per heavy atom. The van der Waals surface area contributed by atoms with Crippen LogP contribution in [0.1, 0.15) is 18.0 Å². The summed E-state index contributed by atoms with van der Waals surface area (Å²) >= 11 is 11.5. The molecule has 0 aliphatic rings. The summed E-state index contributed by atoms with van der Waals surface area (Å²) in [6.45, 7) is -0.439. The van der Waals surface area contributed by atoms with Crippen LogP contribution in [0.5, 0.6) is 0 Å². The largest absolute Gasteiger partial charge is 0.324 e. The average molecular weight is 259 g/mol. The number of rotatable bonds is 3. The van der Waals surface area contributed by atoms with Crippen LogP contribution in [0.3, 0.4) is 0 Å². The van der Waals surface area contributed by atoms with Crippen molar-refractivity contribution >= 4 is 35.6 Å². The molecule has 2 N–H and O–H groups in total. The molecule has 0 aromatic heterocycles. The highest BCUT2D eigenvalue weighted by molar-refractivity contribution is 6.34. The van der Waals surface area contributed by atoms with Gasteiger partial charge in [0.25, 0.3) is 0 Å². The van der Waals surface area contributed by atoms with Crippen LogP contribution in [0, 0.1) is 0 Å². The van der Waals surface area contributed by atoms with Gasteiger partial charge in [-0.25, -0.2) is 0 Å². The van der Waals surface area contributed by atoms with Gasteiger partial charge in [0.2, 0.25) is 0 Å². The molecular weight excluding hydrogens is 247 g/mol. The van der Waals surface area contributed by atoms with E-state index in [-0.39, 0.29) is 24.9 Å². The summed E-state index contributed by atoms with van der Waals surface area (Å²) in [6, 6.07) is 4.69. The first-order valence-electron chi connectivity index (χ1n) is 3.91. The monoisotopic (exact) mass is 257 g/mol. The second kappa shape index (κ2) is 6.46. The minimum absolute atomic E-state index is 0. The Bertz CT molecular complexity index is 273. The Hall–Kier alpha value is -0.0200. The van der Waals surface area contributed by atoms with Gasteiger partial charge < -0.3 is 5.73 Å². The number of alkyl halides is 1. The van der Waals surface area contributed by atoms with E-state index >= 15 is 0 Å². The zero-order valence-corrected chi connectivity index (χ0v) is 9.67. The predicted octanol–water partition coefficient (Wildman–Crippen LogP) is 3.77. The summed E-state index contributed by atoms with van der Waals surface area (Å²) in [5.74, 6) is 0. The highest BCUT2D eigenvalue weighted by Gasteiger charge is 2.07. The van der Waals surface area contributed by atoms with Crippen LogP contribution < -0.4 is 5.73 Å². The summed E-state index contributed by atoms with van der Waals surface area (Å²) in [6.07, 6.45) is 0.288. The van der Waals surface area contributed by atoms with Crippen molar-refractivity contribution in [2.24, 2.45) is 5.73 Å². The molecule has 0 amide bonds. The minimum atomic E-state index is -0.439. The molecular formula is C9H11Cl3FN. The van der Waals surface area contributed by atoms with Gasteiger partial charge in [0, 0.05) is 16.1 Å². The molecule has 1 atom stereocenters.